The first-order chi connectivity index (χ1) is 10.6. The Bertz CT molecular complexity index is 524. The van der Waals surface area contributed by atoms with E-state index in [2.05, 4.69) is 34.5 Å². The fraction of sp³-hybridized carbons (Fsp3) is 0.588. The molecule has 1 saturated carbocycles. The van der Waals surface area contributed by atoms with Crippen LogP contribution in [0.5, 0.6) is 0 Å². The Morgan fingerprint density at radius 3 is 2.95 bits per heavy atom. The van der Waals surface area contributed by atoms with Crippen LogP contribution in [0.2, 0.25) is 0 Å². The molecule has 0 spiro atoms. The summed E-state index contributed by atoms with van der Waals surface area (Å²) < 4.78 is 0. The van der Waals surface area contributed by atoms with Crippen molar-refractivity contribution in [2.24, 2.45) is 11.7 Å². The molecule has 0 bridgehead atoms. The third kappa shape index (κ3) is 3.25. The second-order valence-corrected chi connectivity index (χ2v) is 6.41. The molecule has 3 rings (SSSR count). The number of rotatable bonds is 4. The maximum absolute atomic E-state index is 12.1. The van der Waals surface area contributed by atoms with Gasteiger partial charge in [-0.15, -0.1) is 0 Å². The first-order valence-electron chi connectivity index (χ1n) is 8.19. The number of aryl methyl sites for hydroxylation is 1. The zero-order valence-electron chi connectivity index (χ0n) is 12.9. The zero-order chi connectivity index (χ0) is 15.5. The summed E-state index contributed by atoms with van der Waals surface area (Å²) in [5, 5.41) is 12.6. The number of carbonyl (C=O) groups excluding carboxylic acids is 1. The molecule has 0 aromatic heterocycles. The van der Waals surface area contributed by atoms with Crippen LogP contribution < -0.4 is 16.0 Å². The molecule has 120 valence electrons. The van der Waals surface area contributed by atoms with Crippen LogP contribution in [-0.2, 0) is 11.2 Å². The molecule has 1 fully saturated rings. The predicted molar refractivity (Wildman–Crippen MR) is 86.7 cm³/mol. The Hall–Kier alpha value is -1.59. The van der Waals surface area contributed by atoms with Crippen LogP contribution in [0, 0.1) is 5.92 Å². The van der Waals surface area contributed by atoms with Gasteiger partial charge in [-0.05, 0) is 37.3 Å². The van der Waals surface area contributed by atoms with Crippen LogP contribution in [0.1, 0.15) is 24.8 Å². The number of amides is 1. The maximum atomic E-state index is 12.1. The van der Waals surface area contributed by atoms with E-state index in [1.165, 1.54) is 11.3 Å². The first-order valence-corrected chi connectivity index (χ1v) is 8.19. The van der Waals surface area contributed by atoms with Gasteiger partial charge >= 0.3 is 0 Å². The second-order valence-electron chi connectivity index (χ2n) is 6.41. The SMILES string of the molecule is N[C@H]1C[C@H](C(=O)NCCN2CCCc3ccccc32)C[C@@H]1O. The van der Waals surface area contributed by atoms with Crippen molar-refractivity contribution in [1.82, 2.24) is 5.32 Å². The average Bonchev–Trinajstić information content (AvgIpc) is 2.87. The molecule has 1 aromatic carbocycles. The van der Waals surface area contributed by atoms with E-state index >= 15 is 0 Å². The highest BCUT2D eigenvalue weighted by molar-refractivity contribution is 5.79. The summed E-state index contributed by atoms with van der Waals surface area (Å²) >= 11 is 0. The molecule has 5 nitrogen and oxygen atoms in total. The van der Waals surface area contributed by atoms with E-state index in [1.807, 2.05) is 0 Å². The molecule has 0 radical (unpaired) electrons. The van der Waals surface area contributed by atoms with Gasteiger partial charge in [-0.25, -0.2) is 0 Å². The minimum absolute atomic E-state index is 0.0253. The molecule has 1 heterocycles. The molecule has 4 N–H and O–H groups in total. The van der Waals surface area contributed by atoms with Crippen molar-refractivity contribution in [2.75, 3.05) is 24.5 Å². The van der Waals surface area contributed by atoms with Gasteiger partial charge in [0.2, 0.25) is 5.91 Å². The van der Waals surface area contributed by atoms with Crippen LogP contribution in [0.4, 0.5) is 5.69 Å². The predicted octanol–water partition coefficient (Wildman–Crippen LogP) is 0.654. The maximum Gasteiger partial charge on any atom is 0.223 e. The van der Waals surface area contributed by atoms with Gasteiger partial charge in [0.15, 0.2) is 0 Å². The second kappa shape index (κ2) is 6.67. The van der Waals surface area contributed by atoms with Crippen LogP contribution in [0.15, 0.2) is 24.3 Å². The first kappa shape index (κ1) is 15.3. The monoisotopic (exact) mass is 303 g/mol. The van der Waals surface area contributed by atoms with E-state index in [-0.39, 0.29) is 17.9 Å². The summed E-state index contributed by atoms with van der Waals surface area (Å²) in [7, 11) is 0. The van der Waals surface area contributed by atoms with Crippen LogP contribution in [-0.4, -0.2) is 42.8 Å². The Morgan fingerprint density at radius 1 is 1.36 bits per heavy atom. The normalized spacial score (nSPS) is 27.5. The fourth-order valence-corrected chi connectivity index (χ4v) is 3.56. The lowest BCUT2D eigenvalue weighted by molar-refractivity contribution is -0.124. The summed E-state index contributed by atoms with van der Waals surface area (Å²) in [6.07, 6.45) is 2.83. The molecule has 1 aliphatic carbocycles. The highest BCUT2D eigenvalue weighted by Crippen LogP contribution is 2.26. The summed E-state index contributed by atoms with van der Waals surface area (Å²) in [6.45, 7) is 2.50. The number of nitrogens with one attached hydrogen (secondary N) is 1. The van der Waals surface area contributed by atoms with Crippen molar-refractivity contribution in [2.45, 2.75) is 37.8 Å². The largest absolute Gasteiger partial charge is 0.391 e. The standard InChI is InChI=1S/C17H25N3O2/c18-14-10-13(11-16(14)21)17(22)19-7-9-20-8-3-5-12-4-1-2-6-15(12)20/h1-2,4,6,13-14,16,21H,3,5,7-11,18H2,(H,19,22)/t13-,14-,16-/m0/s1. The number of benzene rings is 1. The van der Waals surface area contributed by atoms with E-state index in [9.17, 15) is 9.90 Å². The van der Waals surface area contributed by atoms with E-state index < -0.39 is 6.10 Å². The number of para-hydroxylation sites is 1. The number of carbonyl (C=O) groups is 1. The number of aliphatic hydroxyl groups excluding tert-OH is 1. The molecule has 0 unspecified atom stereocenters. The molecular weight excluding hydrogens is 278 g/mol. The van der Waals surface area contributed by atoms with Gasteiger partial charge in [0, 0.05) is 37.3 Å². The molecule has 1 aliphatic heterocycles. The highest BCUT2D eigenvalue weighted by Gasteiger charge is 2.34. The number of nitrogens with zero attached hydrogens (tertiary/aromatic N) is 1. The minimum atomic E-state index is -0.537. The highest BCUT2D eigenvalue weighted by atomic mass is 16.3. The quantitative estimate of drug-likeness (QED) is 0.763. The van der Waals surface area contributed by atoms with Crippen molar-refractivity contribution in [3.05, 3.63) is 29.8 Å². The van der Waals surface area contributed by atoms with Gasteiger partial charge in [0.05, 0.1) is 6.10 Å². The van der Waals surface area contributed by atoms with E-state index in [4.69, 9.17) is 5.73 Å². The summed E-state index contributed by atoms with van der Waals surface area (Å²) in [4.78, 5) is 14.5. The zero-order valence-corrected chi connectivity index (χ0v) is 12.9. The van der Waals surface area contributed by atoms with Crippen LogP contribution in [0.25, 0.3) is 0 Å². The summed E-state index contributed by atoms with van der Waals surface area (Å²) in [5.74, 6) is -0.115. The molecule has 22 heavy (non-hydrogen) atoms. The third-order valence-electron chi connectivity index (χ3n) is 4.84. The Balaban J connectivity index is 1.49. The number of fused-ring (bicyclic) bond motifs is 1. The van der Waals surface area contributed by atoms with Crippen molar-refractivity contribution in [3.8, 4) is 0 Å². The van der Waals surface area contributed by atoms with Crippen LogP contribution >= 0.6 is 0 Å². The lowest BCUT2D eigenvalue weighted by atomic mass is 10.0. The van der Waals surface area contributed by atoms with Crippen molar-refractivity contribution < 1.29 is 9.90 Å². The van der Waals surface area contributed by atoms with Gasteiger partial charge in [-0.3, -0.25) is 4.79 Å². The lowest BCUT2D eigenvalue weighted by Gasteiger charge is -2.31. The number of hydrogen-bond acceptors (Lipinski definition) is 4. The average molecular weight is 303 g/mol. The smallest absolute Gasteiger partial charge is 0.223 e. The Morgan fingerprint density at radius 2 is 2.18 bits per heavy atom. The van der Waals surface area contributed by atoms with Crippen LogP contribution in [0.3, 0.4) is 0 Å². The molecule has 3 atom stereocenters. The number of aliphatic hydroxyl groups is 1. The lowest BCUT2D eigenvalue weighted by Crippen LogP contribution is -2.39. The molecule has 2 aliphatic rings. The van der Waals surface area contributed by atoms with Gasteiger partial charge in [0.25, 0.3) is 0 Å². The number of anilines is 1. The van der Waals surface area contributed by atoms with Gasteiger partial charge in [-0.2, -0.15) is 0 Å². The summed E-state index contributed by atoms with van der Waals surface area (Å²) in [6, 6.07) is 8.23. The van der Waals surface area contributed by atoms with E-state index in [0.29, 0.717) is 19.4 Å². The van der Waals surface area contributed by atoms with E-state index in [0.717, 1.165) is 25.9 Å². The molecule has 0 saturated heterocycles. The number of nitrogens with two attached hydrogens (primary N) is 1. The van der Waals surface area contributed by atoms with Gasteiger partial charge < -0.3 is 21.1 Å². The van der Waals surface area contributed by atoms with E-state index in [1.54, 1.807) is 0 Å². The van der Waals surface area contributed by atoms with Crippen molar-refractivity contribution in [1.29, 1.82) is 0 Å². The Labute approximate surface area is 131 Å². The third-order valence-corrected chi connectivity index (χ3v) is 4.84. The minimum Gasteiger partial charge on any atom is -0.391 e. The molecule has 1 amide bonds. The number of hydrogen-bond donors (Lipinski definition) is 3. The van der Waals surface area contributed by atoms with Crippen molar-refractivity contribution in [3.63, 3.8) is 0 Å². The topological polar surface area (TPSA) is 78.6 Å². The van der Waals surface area contributed by atoms with Crippen molar-refractivity contribution >= 4 is 11.6 Å². The molecular formula is C17H25N3O2. The molecule has 5 heteroatoms. The van der Waals surface area contributed by atoms with Gasteiger partial charge in [-0.1, -0.05) is 18.2 Å². The fourth-order valence-electron chi connectivity index (χ4n) is 3.56. The molecule has 1 aromatic rings. The summed E-state index contributed by atoms with van der Waals surface area (Å²) in [5.41, 5.74) is 8.45. The Kier molecular flexibility index (Phi) is 4.64. The van der Waals surface area contributed by atoms with Gasteiger partial charge in [0.1, 0.15) is 0 Å².